The van der Waals surface area contributed by atoms with Crippen LogP contribution in [0.15, 0.2) is 158 Å². The summed E-state index contributed by atoms with van der Waals surface area (Å²) < 4.78 is 32.2. The van der Waals surface area contributed by atoms with Crippen molar-refractivity contribution in [3.63, 3.8) is 0 Å². The quantitative estimate of drug-likeness (QED) is 0.0608. The number of hydrogen-bond acceptors (Lipinski definition) is 8. The molecule has 0 aliphatic heterocycles. The number of ether oxygens (including phenoxy) is 6. The lowest BCUT2D eigenvalue weighted by atomic mass is 9.67. The van der Waals surface area contributed by atoms with Gasteiger partial charge in [0.15, 0.2) is 0 Å². The third-order valence-electron chi connectivity index (χ3n) is 11.3. The van der Waals surface area contributed by atoms with Crippen LogP contribution in [0, 0.1) is 0 Å². The minimum atomic E-state index is -0.544. The Labute approximate surface area is 364 Å². The van der Waals surface area contributed by atoms with Crippen LogP contribution >= 0.6 is 0 Å². The molecule has 0 aromatic heterocycles. The highest BCUT2D eigenvalue weighted by atomic mass is 16.6. The van der Waals surface area contributed by atoms with E-state index in [0.717, 1.165) is 33.9 Å². The Morgan fingerprint density at radius 2 is 1.00 bits per heavy atom. The van der Waals surface area contributed by atoms with Crippen LogP contribution < -0.4 is 18.9 Å². The predicted octanol–water partition coefficient (Wildman–Crippen LogP) is 11.1. The van der Waals surface area contributed by atoms with Gasteiger partial charge >= 0.3 is 11.9 Å². The van der Waals surface area contributed by atoms with E-state index in [2.05, 4.69) is 111 Å². The SMILES string of the molecule is COCCOc1ccc(C2(c3ccc(OCCOC(C)=O)cc3)c3ccccc3-c3cc4ccccc4cc32)cc1.COc1ccc(C(C)(C)c2ccc(OC(C)=O)cc2)cc1. The van der Waals surface area contributed by atoms with Crippen molar-refractivity contribution in [2.45, 2.75) is 38.5 Å². The second kappa shape index (κ2) is 19.2. The first kappa shape index (κ1) is 43.2. The van der Waals surface area contributed by atoms with E-state index in [-0.39, 0.29) is 24.0 Å². The van der Waals surface area contributed by atoms with Crippen LogP contribution in [0.1, 0.15) is 61.1 Å². The Balaban J connectivity index is 0.000000232. The Morgan fingerprint density at radius 3 is 1.53 bits per heavy atom. The van der Waals surface area contributed by atoms with E-state index in [1.807, 2.05) is 60.7 Å². The highest BCUT2D eigenvalue weighted by Crippen LogP contribution is 2.57. The minimum absolute atomic E-state index is 0.138. The van der Waals surface area contributed by atoms with E-state index in [0.29, 0.717) is 25.6 Å². The number of benzene rings is 7. The fraction of sp³-hybridized carbons (Fsp3) is 0.222. The van der Waals surface area contributed by atoms with E-state index in [4.69, 9.17) is 28.4 Å². The summed E-state index contributed by atoms with van der Waals surface area (Å²) >= 11 is 0. The van der Waals surface area contributed by atoms with Crippen LogP contribution in [-0.4, -0.2) is 52.6 Å². The second-order valence-corrected chi connectivity index (χ2v) is 15.6. The van der Waals surface area contributed by atoms with Gasteiger partial charge in [-0.15, -0.1) is 0 Å². The lowest BCUT2D eigenvalue weighted by Gasteiger charge is -2.34. The van der Waals surface area contributed by atoms with Crippen molar-refractivity contribution >= 4 is 22.7 Å². The van der Waals surface area contributed by atoms with Crippen LogP contribution in [0.4, 0.5) is 0 Å². The van der Waals surface area contributed by atoms with Crippen molar-refractivity contribution in [1.82, 2.24) is 0 Å². The second-order valence-electron chi connectivity index (χ2n) is 15.6. The molecule has 1 aliphatic carbocycles. The number of carbonyl (C=O) groups is 2. The van der Waals surface area contributed by atoms with E-state index in [1.165, 1.54) is 52.4 Å². The van der Waals surface area contributed by atoms with E-state index in [9.17, 15) is 9.59 Å². The average Bonchev–Trinajstić information content (AvgIpc) is 3.57. The molecule has 0 saturated heterocycles. The van der Waals surface area contributed by atoms with Crippen molar-refractivity contribution in [2.75, 3.05) is 40.6 Å². The molecule has 1 aliphatic rings. The molecular weight excluding hydrogens is 777 g/mol. The number of esters is 2. The molecule has 0 spiro atoms. The molecule has 8 rings (SSSR count). The minimum Gasteiger partial charge on any atom is -0.497 e. The molecule has 0 N–H and O–H groups in total. The van der Waals surface area contributed by atoms with Crippen LogP contribution in [0.3, 0.4) is 0 Å². The van der Waals surface area contributed by atoms with Gasteiger partial charge in [0, 0.05) is 26.4 Å². The fourth-order valence-electron chi connectivity index (χ4n) is 8.22. The van der Waals surface area contributed by atoms with Crippen LogP contribution in [-0.2, 0) is 29.9 Å². The Morgan fingerprint density at radius 1 is 0.500 bits per heavy atom. The standard InChI is InChI=1S/C36H32O5.C18H20O3/c1-25(37)39-21-22-41-31-17-13-29(14-18-31)36(28-11-15-30(16-12-28)40-20-19-38-2)34-10-6-5-9-32(34)33-23-26-7-3-4-8-27(26)24-35(33)36;1-13(19)21-17-11-7-15(8-12-17)18(2,3)14-5-9-16(20-4)10-6-14/h3-18,23-24H,19-22H2,1-2H3;5-12H,1-4H3. The van der Waals surface area contributed by atoms with Gasteiger partial charge in [0.05, 0.1) is 19.1 Å². The summed E-state index contributed by atoms with van der Waals surface area (Å²) in [6.07, 6.45) is 0. The third-order valence-corrected chi connectivity index (χ3v) is 11.3. The Hall–Kier alpha value is -6.90. The summed E-state index contributed by atoms with van der Waals surface area (Å²) in [5.41, 5.74) is 8.92. The van der Waals surface area contributed by atoms with Gasteiger partial charge in [-0.05, 0) is 116 Å². The molecule has 8 heteroatoms. The lowest BCUT2D eigenvalue weighted by molar-refractivity contribution is -0.141. The van der Waals surface area contributed by atoms with Gasteiger partial charge in [-0.25, -0.2) is 0 Å². The van der Waals surface area contributed by atoms with Gasteiger partial charge < -0.3 is 28.4 Å². The lowest BCUT2D eigenvalue weighted by Crippen LogP contribution is -2.28. The summed E-state index contributed by atoms with van der Waals surface area (Å²) in [4.78, 5) is 22.0. The maximum absolute atomic E-state index is 11.1. The summed E-state index contributed by atoms with van der Waals surface area (Å²) in [6, 6.07) is 54.3. The van der Waals surface area contributed by atoms with Crippen LogP contribution in [0.5, 0.6) is 23.0 Å². The van der Waals surface area contributed by atoms with Gasteiger partial charge in [0.2, 0.25) is 0 Å². The molecule has 0 saturated carbocycles. The number of rotatable bonds is 14. The molecule has 0 amide bonds. The smallest absolute Gasteiger partial charge is 0.308 e. The van der Waals surface area contributed by atoms with Crippen molar-refractivity contribution in [1.29, 1.82) is 0 Å². The molecular formula is C54H52O8. The zero-order chi connectivity index (χ0) is 43.7. The molecule has 0 heterocycles. The molecule has 316 valence electrons. The topological polar surface area (TPSA) is 89.5 Å². The summed E-state index contributed by atoms with van der Waals surface area (Å²) in [5.74, 6) is 2.33. The number of methoxy groups -OCH3 is 2. The molecule has 0 fully saturated rings. The first-order valence-corrected chi connectivity index (χ1v) is 20.7. The van der Waals surface area contributed by atoms with Crippen LogP contribution in [0.25, 0.3) is 21.9 Å². The zero-order valence-electron chi connectivity index (χ0n) is 36.1. The van der Waals surface area contributed by atoms with Gasteiger partial charge in [0.25, 0.3) is 0 Å². The van der Waals surface area contributed by atoms with Crippen LogP contribution in [0.2, 0.25) is 0 Å². The van der Waals surface area contributed by atoms with Gasteiger partial charge in [-0.2, -0.15) is 0 Å². The number of carbonyl (C=O) groups excluding carboxylic acids is 2. The molecule has 0 bridgehead atoms. The van der Waals surface area contributed by atoms with Crippen molar-refractivity contribution < 1.29 is 38.0 Å². The van der Waals surface area contributed by atoms with Gasteiger partial charge in [0.1, 0.15) is 42.8 Å². The summed E-state index contributed by atoms with van der Waals surface area (Å²) in [6.45, 7) is 8.67. The van der Waals surface area contributed by atoms with E-state index >= 15 is 0 Å². The van der Waals surface area contributed by atoms with Crippen molar-refractivity contribution in [3.8, 4) is 34.1 Å². The zero-order valence-corrected chi connectivity index (χ0v) is 36.1. The Kier molecular flexibility index (Phi) is 13.4. The third kappa shape index (κ3) is 9.21. The Bertz CT molecular complexity index is 2610. The largest absolute Gasteiger partial charge is 0.497 e. The monoisotopic (exact) mass is 828 g/mol. The molecule has 7 aromatic rings. The molecule has 62 heavy (non-hydrogen) atoms. The van der Waals surface area contributed by atoms with Gasteiger partial charge in [-0.1, -0.05) is 111 Å². The number of hydrogen-bond donors (Lipinski definition) is 0. The number of fused-ring (bicyclic) bond motifs is 4. The molecule has 7 aromatic carbocycles. The summed E-state index contributed by atoms with van der Waals surface area (Å²) in [7, 11) is 3.33. The average molecular weight is 829 g/mol. The van der Waals surface area contributed by atoms with E-state index in [1.54, 1.807) is 14.2 Å². The molecule has 8 nitrogen and oxygen atoms in total. The maximum atomic E-state index is 11.1. The molecule has 1 unspecified atom stereocenters. The highest BCUT2D eigenvalue weighted by Gasteiger charge is 2.46. The van der Waals surface area contributed by atoms with Crippen molar-refractivity contribution in [3.05, 3.63) is 191 Å². The van der Waals surface area contributed by atoms with Gasteiger partial charge in [-0.3, -0.25) is 9.59 Å². The fourth-order valence-corrected chi connectivity index (χ4v) is 8.22. The first-order valence-electron chi connectivity index (χ1n) is 20.7. The molecule has 1 atom stereocenters. The first-order chi connectivity index (χ1) is 30.0. The molecule has 0 radical (unpaired) electrons. The highest BCUT2D eigenvalue weighted by molar-refractivity contribution is 5.95. The normalized spacial score (nSPS) is 13.8. The predicted molar refractivity (Wildman–Crippen MR) is 244 cm³/mol. The van der Waals surface area contributed by atoms with E-state index < -0.39 is 5.41 Å². The van der Waals surface area contributed by atoms with Crippen molar-refractivity contribution in [2.24, 2.45) is 0 Å². The summed E-state index contributed by atoms with van der Waals surface area (Å²) in [5, 5.41) is 2.42. The maximum Gasteiger partial charge on any atom is 0.308 e.